The fourth-order valence-corrected chi connectivity index (χ4v) is 5.50. The molecule has 2 amide bonds. The summed E-state index contributed by atoms with van der Waals surface area (Å²) in [6.07, 6.45) is 0. The Morgan fingerprint density at radius 3 is 2.32 bits per heavy atom. The number of para-hydroxylation sites is 1. The number of hydrogen-bond donors (Lipinski definition) is 1. The van der Waals surface area contributed by atoms with Gasteiger partial charge >= 0.3 is 0 Å². The molecule has 0 fully saturated rings. The molecule has 37 heavy (non-hydrogen) atoms. The molecule has 0 bridgehead atoms. The first-order chi connectivity index (χ1) is 17.7. The van der Waals surface area contributed by atoms with Crippen LogP contribution in [0.5, 0.6) is 5.75 Å². The van der Waals surface area contributed by atoms with Gasteiger partial charge in [0.25, 0.3) is 10.0 Å². The van der Waals surface area contributed by atoms with Crippen molar-refractivity contribution in [3.8, 4) is 5.75 Å². The number of hydrogen-bond acceptors (Lipinski definition) is 5. The van der Waals surface area contributed by atoms with Gasteiger partial charge in [0.05, 0.1) is 22.7 Å². The Hall–Kier alpha value is -3.56. The van der Waals surface area contributed by atoms with E-state index in [-0.39, 0.29) is 28.1 Å². The number of likely N-dealkylation sites (N-methyl/N-ethyl adjacent to an activating group) is 1. The van der Waals surface area contributed by atoms with Gasteiger partial charge in [-0.2, -0.15) is 0 Å². The van der Waals surface area contributed by atoms with Crippen molar-refractivity contribution in [2.75, 3.05) is 24.5 Å². The summed E-state index contributed by atoms with van der Waals surface area (Å²) in [4.78, 5) is 27.9. The van der Waals surface area contributed by atoms with Crippen LogP contribution in [0.15, 0.2) is 83.8 Å². The van der Waals surface area contributed by atoms with Crippen LogP contribution in [0.2, 0.25) is 5.02 Å². The smallest absolute Gasteiger partial charge is 0.264 e. The lowest BCUT2D eigenvalue weighted by Gasteiger charge is -2.32. The molecule has 0 aliphatic heterocycles. The molecule has 1 unspecified atom stereocenters. The first kappa shape index (κ1) is 28.0. The van der Waals surface area contributed by atoms with Crippen molar-refractivity contribution in [3.63, 3.8) is 0 Å². The first-order valence-electron chi connectivity index (χ1n) is 11.7. The van der Waals surface area contributed by atoms with Crippen molar-refractivity contribution >= 4 is 39.1 Å². The molecule has 1 atom stereocenters. The van der Waals surface area contributed by atoms with Crippen LogP contribution in [0, 0.1) is 0 Å². The Labute approximate surface area is 222 Å². The van der Waals surface area contributed by atoms with Gasteiger partial charge in [0.1, 0.15) is 18.3 Å². The normalized spacial score (nSPS) is 11.9. The Morgan fingerprint density at radius 2 is 1.68 bits per heavy atom. The molecule has 0 aliphatic rings. The second-order valence-electron chi connectivity index (χ2n) is 8.22. The molecule has 0 saturated heterocycles. The van der Waals surface area contributed by atoms with Gasteiger partial charge in [0.2, 0.25) is 11.8 Å². The van der Waals surface area contributed by atoms with Crippen LogP contribution in [0.3, 0.4) is 0 Å². The highest BCUT2D eigenvalue weighted by Gasteiger charge is 2.33. The molecule has 3 rings (SSSR count). The van der Waals surface area contributed by atoms with Gasteiger partial charge in [0.15, 0.2) is 0 Å². The zero-order chi connectivity index (χ0) is 27.0. The third kappa shape index (κ3) is 6.81. The minimum Gasteiger partial charge on any atom is -0.497 e. The van der Waals surface area contributed by atoms with Gasteiger partial charge in [-0.05, 0) is 55.8 Å². The van der Waals surface area contributed by atoms with Crippen molar-refractivity contribution in [1.29, 1.82) is 0 Å². The van der Waals surface area contributed by atoms with E-state index in [2.05, 4.69) is 5.32 Å². The molecule has 0 radical (unpaired) electrons. The topological polar surface area (TPSA) is 96.0 Å². The summed E-state index contributed by atoms with van der Waals surface area (Å²) in [5, 5.41) is 2.90. The molecule has 0 saturated carbocycles. The number of ether oxygens (including phenoxy) is 1. The second kappa shape index (κ2) is 12.6. The van der Waals surface area contributed by atoms with E-state index in [0.29, 0.717) is 12.3 Å². The number of sulfonamides is 1. The van der Waals surface area contributed by atoms with E-state index in [4.69, 9.17) is 16.3 Å². The van der Waals surface area contributed by atoms with E-state index >= 15 is 0 Å². The molecule has 196 valence electrons. The first-order valence-corrected chi connectivity index (χ1v) is 13.5. The quantitative estimate of drug-likeness (QED) is 0.393. The van der Waals surface area contributed by atoms with Gasteiger partial charge in [0, 0.05) is 13.1 Å². The maximum atomic E-state index is 13.8. The van der Waals surface area contributed by atoms with Crippen LogP contribution in [-0.2, 0) is 26.2 Å². The Bertz CT molecular complexity index is 1330. The Morgan fingerprint density at radius 1 is 1.00 bits per heavy atom. The molecule has 0 aromatic heterocycles. The molecular weight excluding hydrogens is 514 g/mol. The van der Waals surface area contributed by atoms with Crippen molar-refractivity contribution in [3.05, 3.63) is 89.4 Å². The standard InChI is InChI=1S/C27H30ClN3O5S/c1-4-29-27(33)20(2)30(18-21-11-10-12-22(17-21)36-3)26(32)19-31(25-16-9-8-15-24(25)28)37(34,35)23-13-6-5-7-14-23/h5-17,20H,4,18-19H2,1-3H3,(H,29,33). The maximum Gasteiger partial charge on any atom is 0.264 e. The predicted molar refractivity (Wildman–Crippen MR) is 144 cm³/mol. The Kier molecular flexibility index (Phi) is 9.54. The zero-order valence-electron chi connectivity index (χ0n) is 20.9. The van der Waals surface area contributed by atoms with Crippen LogP contribution in [0.4, 0.5) is 5.69 Å². The zero-order valence-corrected chi connectivity index (χ0v) is 22.5. The molecule has 0 heterocycles. The van der Waals surface area contributed by atoms with Crippen LogP contribution < -0.4 is 14.4 Å². The van der Waals surface area contributed by atoms with Crippen molar-refractivity contribution in [1.82, 2.24) is 10.2 Å². The molecule has 3 aromatic rings. The molecule has 0 aliphatic carbocycles. The third-order valence-electron chi connectivity index (χ3n) is 5.74. The van der Waals surface area contributed by atoms with E-state index in [0.717, 1.165) is 9.87 Å². The number of nitrogens with one attached hydrogen (secondary N) is 1. The lowest BCUT2D eigenvalue weighted by atomic mass is 10.1. The SMILES string of the molecule is CCNC(=O)C(C)N(Cc1cccc(OC)c1)C(=O)CN(c1ccccc1Cl)S(=O)(=O)c1ccccc1. The van der Waals surface area contributed by atoms with Crippen LogP contribution in [0.25, 0.3) is 0 Å². The number of methoxy groups -OCH3 is 1. The number of carbonyl (C=O) groups excluding carboxylic acids is 2. The van der Waals surface area contributed by atoms with E-state index in [1.54, 1.807) is 74.5 Å². The van der Waals surface area contributed by atoms with E-state index in [1.165, 1.54) is 30.2 Å². The van der Waals surface area contributed by atoms with Gasteiger partial charge in [-0.3, -0.25) is 13.9 Å². The van der Waals surface area contributed by atoms with Crippen LogP contribution in [-0.4, -0.2) is 51.4 Å². The summed E-state index contributed by atoms with van der Waals surface area (Å²) in [5.74, 6) is -0.324. The highest BCUT2D eigenvalue weighted by Crippen LogP contribution is 2.30. The number of carbonyl (C=O) groups is 2. The van der Waals surface area contributed by atoms with E-state index in [9.17, 15) is 18.0 Å². The van der Waals surface area contributed by atoms with Gasteiger partial charge in [-0.25, -0.2) is 8.42 Å². The highest BCUT2D eigenvalue weighted by molar-refractivity contribution is 7.92. The number of benzene rings is 3. The second-order valence-corrected chi connectivity index (χ2v) is 10.5. The third-order valence-corrected chi connectivity index (χ3v) is 7.83. The monoisotopic (exact) mass is 543 g/mol. The van der Waals surface area contributed by atoms with Gasteiger partial charge in [-0.1, -0.05) is 54.1 Å². The molecule has 3 aromatic carbocycles. The minimum atomic E-state index is -4.16. The average molecular weight is 544 g/mol. The van der Waals surface area contributed by atoms with Crippen LogP contribution in [0.1, 0.15) is 19.4 Å². The molecule has 8 nitrogen and oxygen atoms in total. The summed E-state index contributed by atoms with van der Waals surface area (Å²) in [6.45, 7) is 3.28. The summed E-state index contributed by atoms with van der Waals surface area (Å²) < 4.78 is 33.7. The Balaban J connectivity index is 2.03. The summed E-state index contributed by atoms with van der Waals surface area (Å²) in [5.41, 5.74) is 0.882. The van der Waals surface area contributed by atoms with Crippen LogP contribution >= 0.6 is 11.6 Å². The summed E-state index contributed by atoms with van der Waals surface area (Å²) in [7, 11) is -2.63. The number of nitrogens with zero attached hydrogens (tertiary/aromatic N) is 2. The largest absolute Gasteiger partial charge is 0.497 e. The van der Waals surface area contributed by atoms with E-state index < -0.39 is 28.5 Å². The lowest BCUT2D eigenvalue weighted by molar-refractivity contribution is -0.139. The predicted octanol–water partition coefficient (Wildman–Crippen LogP) is 4.10. The number of amides is 2. The summed E-state index contributed by atoms with van der Waals surface area (Å²) >= 11 is 6.38. The fraction of sp³-hybridized carbons (Fsp3) is 0.259. The number of rotatable bonds is 11. The lowest BCUT2D eigenvalue weighted by Crippen LogP contribution is -2.51. The molecular formula is C27H30ClN3O5S. The maximum absolute atomic E-state index is 13.8. The number of anilines is 1. The highest BCUT2D eigenvalue weighted by atomic mass is 35.5. The van der Waals surface area contributed by atoms with Gasteiger partial charge < -0.3 is 15.0 Å². The molecule has 10 heteroatoms. The van der Waals surface area contributed by atoms with Crippen molar-refractivity contribution in [2.24, 2.45) is 0 Å². The molecule has 0 spiro atoms. The van der Waals surface area contributed by atoms with E-state index in [1.807, 2.05) is 0 Å². The average Bonchev–Trinajstić information content (AvgIpc) is 2.91. The van der Waals surface area contributed by atoms with Gasteiger partial charge in [-0.15, -0.1) is 0 Å². The molecule has 1 N–H and O–H groups in total. The van der Waals surface area contributed by atoms with Crippen molar-refractivity contribution in [2.45, 2.75) is 31.3 Å². The van der Waals surface area contributed by atoms with Crippen molar-refractivity contribution < 1.29 is 22.7 Å². The number of halogens is 1. The summed E-state index contributed by atoms with van der Waals surface area (Å²) in [6, 6.07) is 20.5. The minimum absolute atomic E-state index is 0.0128. The fourth-order valence-electron chi connectivity index (χ4n) is 3.76.